The predicted molar refractivity (Wildman–Crippen MR) is 106 cm³/mol. The normalized spacial score (nSPS) is 16.0. The SMILES string of the molecule is O=C(NCCc1ccc(F)cc1)C1CCc2nc(-c3ccccc3)sc2C1. The van der Waals surface area contributed by atoms with Crippen molar-refractivity contribution in [3.8, 4) is 10.6 Å². The van der Waals surface area contributed by atoms with E-state index in [4.69, 9.17) is 4.98 Å². The Morgan fingerprint density at radius 3 is 2.70 bits per heavy atom. The molecule has 2 aromatic carbocycles. The predicted octanol–water partition coefficient (Wildman–Crippen LogP) is 4.41. The van der Waals surface area contributed by atoms with Crippen LogP contribution in [0.2, 0.25) is 0 Å². The van der Waals surface area contributed by atoms with E-state index in [2.05, 4.69) is 17.4 Å². The van der Waals surface area contributed by atoms with Crippen molar-refractivity contribution in [1.82, 2.24) is 10.3 Å². The number of carbonyl (C=O) groups is 1. The van der Waals surface area contributed by atoms with Gasteiger partial charge in [0, 0.05) is 22.9 Å². The Labute approximate surface area is 162 Å². The van der Waals surface area contributed by atoms with Crippen molar-refractivity contribution >= 4 is 17.2 Å². The molecule has 1 aromatic heterocycles. The lowest BCUT2D eigenvalue weighted by atomic mass is 9.90. The Balaban J connectivity index is 1.34. The maximum Gasteiger partial charge on any atom is 0.223 e. The number of aromatic nitrogens is 1. The minimum absolute atomic E-state index is 0.00907. The topological polar surface area (TPSA) is 42.0 Å². The maximum absolute atomic E-state index is 12.9. The van der Waals surface area contributed by atoms with Gasteiger partial charge in [0.25, 0.3) is 0 Å². The fourth-order valence-electron chi connectivity index (χ4n) is 3.43. The number of benzene rings is 2. The molecule has 0 aliphatic heterocycles. The average molecular weight is 380 g/mol. The zero-order valence-electron chi connectivity index (χ0n) is 15.0. The molecule has 1 amide bonds. The fraction of sp³-hybridized carbons (Fsp3) is 0.273. The van der Waals surface area contributed by atoms with Crippen LogP contribution in [0.3, 0.4) is 0 Å². The number of nitrogens with one attached hydrogen (secondary N) is 1. The lowest BCUT2D eigenvalue weighted by Gasteiger charge is -2.20. The second-order valence-electron chi connectivity index (χ2n) is 6.86. The molecule has 0 radical (unpaired) electrons. The van der Waals surface area contributed by atoms with E-state index in [1.807, 2.05) is 18.2 Å². The smallest absolute Gasteiger partial charge is 0.223 e. The molecular weight excluding hydrogens is 359 g/mol. The third kappa shape index (κ3) is 4.25. The van der Waals surface area contributed by atoms with Gasteiger partial charge in [-0.3, -0.25) is 4.79 Å². The van der Waals surface area contributed by atoms with Crippen LogP contribution in [0.15, 0.2) is 54.6 Å². The van der Waals surface area contributed by atoms with E-state index >= 15 is 0 Å². The average Bonchev–Trinajstić information content (AvgIpc) is 3.13. The molecule has 0 spiro atoms. The van der Waals surface area contributed by atoms with Gasteiger partial charge < -0.3 is 5.32 Å². The summed E-state index contributed by atoms with van der Waals surface area (Å²) >= 11 is 1.71. The number of halogens is 1. The van der Waals surface area contributed by atoms with Crippen molar-refractivity contribution in [2.75, 3.05) is 6.54 Å². The van der Waals surface area contributed by atoms with Crippen LogP contribution in [0.5, 0.6) is 0 Å². The van der Waals surface area contributed by atoms with Gasteiger partial charge in [-0.1, -0.05) is 42.5 Å². The summed E-state index contributed by atoms with van der Waals surface area (Å²) in [5, 5.41) is 4.08. The Morgan fingerprint density at radius 2 is 1.93 bits per heavy atom. The molecule has 3 nitrogen and oxygen atoms in total. The molecule has 0 bridgehead atoms. The van der Waals surface area contributed by atoms with Crippen molar-refractivity contribution in [2.24, 2.45) is 5.92 Å². The number of amides is 1. The molecule has 3 aromatic rings. The second kappa shape index (κ2) is 8.01. The number of aryl methyl sites for hydroxylation is 1. The summed E-state index contributed by atoms with van der Waals surface area (Å²) in [6, 6.07) is 16.6. The summed E-state index contributed by atoms with van der Waals surface area (Å²) in [5.41, 5.74) is 3.31. The van der Waals surface area contributed by atoms with Crippen LogP contribution < -0.4 is 5.32 Å². The quantitative estimate of drug-likeness (QED) is 0.712. The first-order valence-electron chi connectivity index (χ1n) is 9.25. The Bertz CT molecular complexity index is 921. The molecule has 0 saturated carbocycles. The molecule has 5 heteroatoms. The van der Waals surface area contributed by atoms with Crippen molar-refractivity contribution in [1.29, 1.82) is 0 Å². The maximum atomic E-state index is 12.9. The van der Waals surface area contributed by atoms with Gasteiger partial charge in [0.05, 0.1) is 5.69 Å². The number of nitrogens with zero attached hydrogens (tertiary/aromatic N) is 1. The molecule has 0 fully saturated rings. The van der Waals surface area contributed by atoms with Crippen LogP contribution in [-0.2, 0) is 24.1 Å². The minimum Gasteiger partial charge on any atom is -0.356 e. The van der Waals surface area contributed by atoms with E-state index in [0.29, 0.717) is 13.0 Å². The standard InChI is InChI=1S/C22H21FN2OS/c23-18-9-6-15(7-10-18)12-13-24-21(26)17-8-11-19-20(14-17)27-22(25-19)16-4-2-1-3-5-16/h1-7,9-10,17H,8,11-14H2,(H,24,26). The molecule has 1 aliphatic carbocycles. The minimum atomic E-state index is -0.236. The number of carbonyl (C=O) groups excluding carboxylic acids is 1. The van der Waals surface area contributed by atoms with E-state index < -0.39 is 0 Å². The monoisotopic (exact) mass is 380 g/mol. The van der Waals surface area contributed by atoms with Crippen molar-refractivity contribution < 1.29 is 9.18 Å². The molecule has 1 aliphatic rings. The van der Waals surface area contributed by atoms with Gasteiger partial charge in [-0.05, 0) is 43.4 Å². The highest BCUT2D eigenvalue weighted by Gasteiger charge is 2.27. The molecule has 4 rings (SSSR count). The van der Waals surface area contributed by atoms with Crippen LogP contribution in [0.25, 0.3) is 10.6 Å². The van der Waals surface area contributed by atoms with Crippen LogP contribution in [0, 0.1) is 11.7 Å². The summed E-state index contributed by atoms with van der Waals surface area (Å²) in [7, 11) is 0. The third-order valence-electron chi connectivity index (χ3n) is 4.96. The van der Waals surface area contributed by atoms with Crippen molar-refractivity contribution in [3.63, 3.8) is 0 Å². The van der Waals surface area contributed by atoms with Crippen molar-refractivity contribution in [2.45, 2.75) is 25.7 Å². The first kappa shape index (κ1) is 17.9. The van der Waals surface area contributed by atoms with Crippen LogP contribution in [0.1, 0.15) is 22.6 Å². The number of hydrogen-bond donors (Lipinski definition) is 1. The summed E-state index contributed by atoms with van der Waals surface area (Å²) in [6.45, 7) is 0.575. The molecule has 1 atom stereocenters. The van der Waals surface area contributed by atoms with E-state index in [1.165, 1.54) is 17.0 Å². The highest BCUT2D eigenvalue weighted by Crippen LogP contribution is 2.34. The largest absolute Gasteiger partial charge is 0.356 e. The van der Waals surface area contributed by atoms with E-state index in [9.17, 15) is 9.18 Å². The Kier molecular flexibility index (Phi) is 5.30. The lowest BCUT2D eigenvalue weighted by molar-refractivity contribution is -0.125. The fourth-order valence-corrected chi connectivity index (χ4v) is 4.62. The highest BCUT2D eigenvalue weighted by molar-refractivity contribution is 7.15. The van der Waals surface area contributed by atoms with Gasteiger partial charge in [-0.25, -0.2) is 9.37 Å². The number of rotatable bonds is 5. The Hall–Kier alpha value is -2.53. The summed E-state index contributed by atoms with van der Waals surface area (Å²) in [6.07, 6.45) is 3.17. The van der Waals surface area contributed by atoms with Gasteiger partial charge >= 0.3 is 0 Å². The number of hydrogen-bond acceptors (Lipinski definition) is 3. The summed E-state index contributed by atoms with van der Waals surface area (Å²) < 4.78 is 12.9. The molecule has 0 saturated heterocycles. The van der Waals surface area contributed by atoms with Crippen LogP contribution >= 0.6 is 11.3 Å². The van der Waals surface area contributed by atoms with Gasteiger partial charge in [0.15, 0.2) is 0 Å². The van der Waals surface area contributed by atoms with E-state index in [0.717, 1.165) is 41.1 Å². The zero-order valence-corrected chi connectivity index (χ0v) is 15.8. The summed E-state index contributed by atoms with van der Waals surface area (Å²) in [4.78, 5) is 18.6. The first-order valence-corrected chi connectivity index (χ1v) is 10.1. The first-order chi connectivity index (χ1) is 13.2. The Morgan fingerprint density at radius 1 is 1.15 bits per heavy atom. The second-order valence-corrected chi connectivity index (χ2v) is 7.95. The molecule has 1 unspecified atom stereocenters. The van der Waals surface area contributed by atoms with Crippen LogP contribution in [0.4, 0.5) is 4.39 Å². The van der Waals surface area contributed by atoms with E-state index in [1.54, 1.807) is 23.5 Å². The van der Waals surface area contributed by atoms with Gasteiger partial charge in [0.2, 0.25) is 5.91 Å². The van der Waals surface area contributed by atoms with Crippen LogP contribution in [-0.4, -0.2) is 17.4 Å². The van der Waals surface area contributed by atoms with Gasteiger partial charge in [0.1, 0.15) is 10.8 Å². The molecule has 27 heavy (non-hydrogen) atoms. The number of thiazole rings is 1. The lowest BCUT2D eigenvalue weighted by Crippen LogP contribution is -2.35. The number of fused-ring (bicyclic) bond motifs is 1. The third-order valence-corrected chi connectivity index (χ3v) is 6.13. The van der Waals surface area contributed by atoms with E-state index in [-0.39, 0.29) is 17.6 Å². The highest BCUT2D eigenvalue weighted by atomic mass is 32.1. The zero-order chi connectivity index (χ0) is 18.6. The van der Waals surface area contributed by atoms with Crippen molar-refractivity contribution in [3.05, 3.63) is 76.5 Å². The summed E-state index contributed by atoms with van der Waals surface area (Å²) in [5.74, 6) is -0.118. The molecular formula is C22H21FN2OS. The molecule has 138 valence electrons. The van der Waals surface area contributed by atoms with Gasteiger partial charge in [-0.2, -0.15) is 0 Å². The molecule has 1 heterocycles. The molecule has 1 N–H and O–H groups in total. The van der Waals surface area contributed by atoms with Gasteiger partial charge in [-0.15, -0.1) is 11.3 Å².